The van der Waals surface area contributed by atoms with E-state index in [1.807, 2.05) is 24.3 Å². The number of hydrogen-bond acceptors (Lipinski definition) is 7. The molecule has 3 aromatic carbocycles. The molecular formula is C30H30FN5O2. The summed E-state index contributed by atoms with van der Waals surface area (Å²) < 4.78 is 25.7. The summed E-state index contributed by atoms with van der Waals surface area (Å²) in [5.74, 6) is 1.41. The van der Waals surface area contributed by atoms with Crippen molar-refractivity contribution in [3.63, 3.8) is 0 Å². The third-order valence-electron chi connectivity index (χ3n) is 6.54. The van der Waals surface area contributed by atoms with Gasteiger partial charge in [0.15, 0.2) is 0 Å². The molecule has 8 heteroatoms. The molecule has 38 heavy (non-hydrogen) atoms. The Morgan fingerprint density at radius 3 is 2.45 bits per heavy atom. The zero-order chi connectivity index (χ0) is 26.3. The number of nitrogens with zero attached hydrogens (tertiary/aromatic N) is 2. The predicted octanol–water partition coefficient (Wildman–Crippen LogP) is 5.78. The summed E-state index contributed by atoms with van der Waals surface area (Å²) in [6.07, 6.45) is 4.64. The summed E-state index contributed by atoms with van der Waals surface area (Å²) in [6.45, 7) is 1.37. The van der Waals surface area contributed by atoms with Crippen molar-refractivity contribution in [1.29, 1.82) is 5.41 Å². The lowest BCUT2D eigenvalue weighted by molar-refractivity contribution is 0.0904. The highest BCUT2D eigenvalue weighted by Crippen LogP contribution is 2.27. The van der Waals surface area contributed by atoms with Crippen LogP contribution in [0, 0.1) is 11.2 Å². The average Bonchev–Trinajstić information content (AvgIpc) is 2.93. The second kappa shape index (κ2) is 11.8. The number of rotatable bonds is 9. The van der Waals surface area contributed by atoms with Gasteiger partial charge in [-0.2, -0.15) is 0 Å². The van der Waals surface area contributed by atoms with E-state index in [1.54, 1.807) is 30.3 Å². The zero-order valence-corrected chi connectivity index (χ0v) is 21.0. The Kier molecular flexibility index (Phi) is 7.89. The number of anilines is 2. The van der Waals surface area contributed by atoms with Gasteiger partial charge in [-0.25, -0.2) is 14.4 Å². The summed E-state index contributed by atoms with van der Waals surface area (Å²) >= 11 is 0. The SMILES string of the molecule is N=C(c1ccc(Oc2cc(F)cc(CCc3ccccc3)c2)cc1)c1c(N)ncnc1NC1CCOCC1. The fraction of sp³-hybridized carbons (Fsp3) is 0.233. The van der Waals surface area contributed by atoms with Gasteiger partial charge in [0.25, 0.3) is 0 Å². The van der Waals surface area contributed by atoms with Crippen molar-refractivity contribution in [1.82, 2.24) is 9.97 Å². The van der Waals surface area contributed by atoms with Gasteiger partial charge in [0.2, 0.25) is 0 Å². The summed E-state index contributed by atoms with van der Waals surface area (Å²) in [6, 6.07) is 22.1. The predicted molar refractivity (Wildman–Crippen MR) is 147 cm³/mol. The van der Waals surface area contributed by atoms with Crippen LogP contribution >= 0.6 is 0 Å². The van der Waals surface area contributed by atoms with Crippen LogP contribution in [0.25, 0.3) is 0 Å². The lowest BCUT2D eigenvalue weighted by Crippen LogP contribution is -2.29. The Hall–Kier alpha value is -4.30. The van der Waals surface area contributed by atoms with Gasteiger partial charge in [-0.1, -0.05) is 30.3 Å². The van der Waals surface area contributed by atoms with Crippen molar-refractivity contribution in [2.24, 2.45) is 0 Å². The number of halogens is 1. The van der Waals surface area contributed by atoms with Gasteiger partial charge < -0.3 is 20.5 Å². The first-order chi connectivity index (χ1) is 18.5. The van der Waals surface area contributed by atoms with Crippen molar-refractivity contribution < 1.29 is 13.9 Å². The first kappa shape index (κ1) is 25.4. The molecule has 7 nitrogen and oxygen atoms in total. The summed E-state index contributed by atoms with van der Waals surface area (Å²) in [7, 11) is 0. The second-order valence-corrected chi connectivity index (χ2v) is 9.30. The quantitative estimate of drug-likeness (QED) is 0.246. The summed E-state index contributed by atoms with van der Waals surface area (Å²) in [5, 5.41) is 12.2. The molecular weight excluding hydrogens is 481 g/mol. The number of nitrogens with two attached hydrogens (primary N) is 1. The highest BCUT2D eigenvalue weighted by Gasteiger charge is 2.20. The number of aryl methyl sites for hydroxylation is 2. The molecule has 4 N–H and O–H groups in total. The summed E-state index contributed by atoms with van der Waals surface area (Å²) in [5.41, 5.74) is 9.54. The number of benzene rings is 3. The molecule has 0 unspecified atom stereocenters. The molecule has 0 amide bonds. The number of aromatic nitrogens is 2. The molecule has 0 radical (unpaired) electrons. The van der Waals surface area contributed by atoms with Crippen molar-refractivity contribution >= 4 is 17.3 Å². The number of nitrogen functional groups attached to an aromatic ring is 1. The van der Waals surface area contributed by atoms with Crippen molar-refractivity contribution in [2.75, 3.05) is 24.3 Å². The average molecular weight is 512 g/mol. The van der Waals surface area contributed by atoms with E-state index in [4.69, 9.17) is 20.6 Å². The molecule has 1 fully saturated rings. The van der Waals surface area contributed by atoms with E-state index < -0.39 is 0 Å². The van der Waals surface area contributed by atoms with Gasteiger partial charge in [-0.3, -0.25) is 5.41 Å². The monoisotopic (exact) mass is 511 g/mol. The molecule has 5 rings (SSSR count). The van der Waals surface area contributed by atoms with E-state index in [0.29, 0.717) is 48.1 Å². The Balaban J connectivity index is 1.28. The topological polar surface area (TPSA) is 106 Å². The lowest BCUT2D eigenvalue weighted by Gasteiger charge is -2.25. The summed E-state index contributed by atoms with van der Waals surface area (Å²) in [4.78, 5) is 8.46. The van der Waals surface area contributed by atoms with Crippen LogP contribution in [0.5, 0.6) is 11.5 Å². The Morgan fingerprint density at radius 2 is 1.68 bits per heavy atom. The molecule has 0 spiro atoms. The normalized spacial score (nSPS) is 13.7. The number of ether oxygens (including phenoxy) is 2. The van der Waals surface area contributed by atoms with Crippen LogP contribution in [0.1, 0.15) is 35.1 Å². The maximum absolute atomic E-state index is 14.3. The molecule has 1 aliphatic rings. The lowest BCUT2D eigenvalue weighted by atomic mass is 10.0. The Labute approximate surface area is 221 Å². The van der Waals surface area contributed by atoms with Crippen LogP contribution in [-0.4, -0.2) is 34.9 Å². The molecule has 194 valence electrons. The van der Waals surface area contributed by atoms with Gasteiger partial charge in [-0.05, 0) is 73.2 Å². The van der Waals surface area contributed by atoms with Gasteiger partial charge in [0.05, 0.1) is 11.3 Å². The highest BCUT2D eigenvalue weighted by molar-refractivity contribution is 6.16. The molecule has 2 heterocycles. The molecule has 4 aromatic rings. The van der Waals surface area contributed by atoms with Crippen LogP contribution < -0.4 is 15.8 Å². The van der Waals surface area contributed by atoms with Gasteiger partial charge >= 0.3 is 0 Å². The van der Waals surface area contributed by atoms with Crippen LogP contribution in [0.2, 0.25) is 0 Å². The van der Waals surface area contributed by atoms with Crippen LogP contribution in [-0.2, 0) is 17.6 Å². The molecule has 0 atom stereocenters. The number of nitrogens with one attached hydrogen (secondary N) is 2. The van der Waals surface area contributed by atoms with Crippen LogP contribution in [0.15, 0.2) is 79.1 Å². The zero-order valence-electron chi connectivity index (χ0n) is 21.0. The highest BCUT2D eigenvalue weighted by atomic mass is 19.1. The first-order valence-corrected chi connectivity index (χ1v) is 12.7. The van der Waals surface area contributed by atoms with Crippen molar-refractivity contribution in [2.45, 2.75) is 31.7 Å². The van der Waals surface area contributed by atoms with Crippen molar-refractivity contribution in [3.05, 3.63) is 107 Å². The van der Waals surface area contributed by atoms with Crippen LogP contribution in [0.4, 0.5) is 16.0 Å². The first-order valence-electron chi connectivity index (χ1n) is 12.7. The molecule has 1 aromatic heterocycles. The maximum atomic E-state index is 14.3. The molecule has 1 aliphatic heterocycles. The van der Waals surface area contributed by atoms with Crippen molar-refractivity contribution in [3.8, 4) is 11.5 Å². The van der Waals surface area contributed by atoms with E-state index in [1.165, 1.54) is 18.0 Å². The molecule has 0 aliphatic carbocycles. The van der Waals surface area contributed by atoms with E-state index in [9.17, 15) is 4.39 Å². The minimum absolute atomic E-state index is 0.198. The van der Waals surface area contributed by atoms with E-state index in [-0.39, 0.29) is 23.4 Å². The standard InChI is InChI=1S/C30H30FN5O2/c31-23-16-21(7-6-20-4-2-1-3-5-20)17-26(18-23)38-25-10-8-22(9-11-25)28(32)27-29(33)34-19-35-30(27)36-24-12-14-37-15-13-24/h1-5,8-11,16-19,24,32H,6-7,12-15H2,(H3,33,34,35,36). The fourth-order valence-corrected chi connectivity index (χ4v) is 4.52. The fourth-order valence-electron chi connectivity index (χ4n) is 4.52. The molecule has 0 saturated carbocycles. The molecule has 1 saturated heterocycles. The minimum atomic E-state index is -0.340. The molecule has 0 bridgehead atoms. The van der Waals surface area contributed by atoms with E-state index in [0.717, 1.165) is 24.8 Å². The Bertz CT molecular complexity index is 1390. The number of hydrogen-bond donors (Lipinski definition) is 3. The largest absolute Gasteiger partial charge is 0.457 e. The van der Waals surface area contributed by atoms with E-state index >= 15 is 0 Å². The third-order valence-corrected chi connectivity index (χ3v) is 6.54. The smallest absolute Gasteiger partial charge is 0.141 e. The van der Waals surface area contributed by atoms with Gasteiger partial charge in [-0.15, -0.1) is 0 Å². The maximum Gasteiger partial charge on any atom is 0.141 e. The van der Waals surface area contributed by atoms with Gasteiger partial charge in [0.1, 0.15) is 35.3 Å². The van der Waals surface area contributed by atoms with Gasteiger partial charge in [0, 0.05) is 30.9 Å². The van der Waals surface area contributed by atoms with E-state index in [2.05, 4.69) is 27.4 Å². The third kappa shape index (κ3) is 6.33. The second-order valence-electron chi connectivity index (χ2n) is 9.30. The minimum Gasteiger partial charge on any atom is -0.457 e. The van der Waals surface area contributed by atoms with Crippen LogP contribution in [0.3, 0.4) is 0 Å². The Morgan fingerprint density at radius 1 is 0.947 bits per heavy atom.